The smallest absolute Gasteiger partial charge is 0.282 e. The van der Waals surface area contributed by atoms with E-state index in [0.29, 0.717) is 17.1 Å². The van der Waals surface area contributed by atoms with Crippen molar-refractivity contribution in [2.45, 2.75) is 44.6 Å². The summed E-state index contributed by atoms with van der Waals surface area (Å²) < 4.78 is 1.48. The van der Waals surface area contributed by atoms with Crippen molar-refractivity contribution in [3.63, 3.8) is 0 Å². The first-order valence-electron chi connectivity index (χ1n) is 9.37. The summed E-state index contributed by atoms with van der Waals surface area (Å²) in [5, 5.41) is 5.33. The van der Waals surface area contributed by atoms with Gasteiger partial charge in [0, 0.05) is 12.6 Å². The molecule has 25 heavy (non-hydrogen) atoms. The molecule has 3 aromatic rings. The Kier molecular flexibility index (Phi) is 3.47. The second-order valence-corrected chi connectivity index (χ2v) is 7.34. The first-order chi connectivity index (χ1) is 12.3. The summed E-state index contributed by atoms with van der Waals surface area (Å²) >= 11 is 0. The molecule has 3 heterocycles. The van der Waals surface area contributed by atoms with Gasteiger partial charge in [-0.1, -0.05) is 25.0 Å². The Labute approximate surface area is 146 Å². The van der Waals surface area contributed by atoms with Crippen molar-refractivity contribution in [3.05, 3.63) is 46.8 Å². The quantitative estimate of drug-likeness (QED) is 0.640. The molecule has 2 aromatic heterocycles. The fraction of sp³-hybridized carbons (Fsp3) is 0.450. The second kappa shape index (κ2) is 5.83. The molecule has 1 saturated carbocycles. The van der Waals surface area contributed by atoms with Gasteiger partial charge in [-0.25, -0.2) is 4.98 Å². The van der Waals surface area contributed by atoms with Gasteiger partial charge in [-0.05, 0) is 55.9 Å². The maximum Gasteiger partial charge on any atom is 0.282 e. The van der Waals surface area contributed by atoms with E-state index in [4.69, 9.17) is 5.10 Å². The molecule has 0 unspecified atom stereocenters. The van der Waals surface area contributed by atoms with Crippen LogP contribution in [0.5, 0.6) is 0 Å². The maximum atomic E-state index is 12.8. The molecule has 1 aliphatic heterocycles. The van der Waals surface area contributed by atoms with Crippen LogP contribution in [-0.2, 0) is 0 Å². The zero-order valence-electron chi connectivity index (χ0n) is 14.3. The molecule has 0 amide bonds. The van der Waals surface area contributed by atoms with Crippen LogP contribution in [0.1, 0.15) is 38.5 Å². The molecule has 1 aromatic carbocycles. The molecular weight excluding hydrogens is 312 g/mol. The molecule has 1 aliphatic carbocycles. The first-order valence-corrected chi connectivity index (χ1v) is 9.37. The summed E-state index contributed by atoms with van der Waals surface area (Å²) in [4.78, 5) is 19.9. The summed E-state index contributed by atoms with van der Waals surface area (Å²) in [5.74, 6) is 1.70. The lowest BCUT2D eigenvalue weighted by molar-refractivity contribution is 0.242. The average Bonchev–Trinajstić information content (AvgIpc) is 2.68. The highest BCUT2D eigenvalue weighted by Crippen LogP contribution is 2.37. The van der Waals surface area contributed by atoms with E-state index in [-0.39, 0.29) is 5.56 Å². The number of para-hydroxylation sites is 1. The summed E-state index contributed by atoms with van der Waals surface area (Å²) in [7, 11) is 0. The van der Waals surface area contributed by atoms with Crippen molar-refractivity contribution in [3.8, 4) is 0 Å². The normalized spacial score (nSPS) is 23.8. The number of anilines is 1. The molecule has 2 fully saturated rings. The molecule has 5 rings (SSSR count). The minimum atomic E-state index is -0.0837. The number of rotatable bonds is 1. The lowest BCUT2D eigenvalue weighted by atomic mass is 9.78. The third-order valence-electron chi connectivity index (χ3n) is 5.90. The van der Waals surface area contributed by atoms with E-state index in [1.165, 1.54) is 43.0 Å². The molecule has 2 atom stereocenters. The van der Waals surface area contributed by atoms with Crippen LogP contribution in [0.15, 0.2) is 41.2 Å². The van der Waals surface area contributed by atoms with Gasteiger partial charge in [0.2, 0.25) is 0 Å². The van der Waals surface area contributed by atoms with Gasteiger partial charge in [0.25, 0.3) is 5.56 Å². The van der Waals surface area contributed by atoms with Crippen LogP contribution in [0.25, 0.3) is 16.6 Å². The van der Waals surface area contributed by atoms with Crippen LogP contribution >= 0.6 is 0 Å². The van der Waals surface area contributed by atoms with Gasteiger partial charge in [-0.15, -0.1) is 5.10 Å². The number of piperidine rings is 1. The minimum absolute atomic E-state index is 0.0837. The zero-order valence-corrected chi connectivity index (χ0v) is 14.3. The van der Waals surface area contributed by atoms with E-state index >= 15 is 0 Å². The SMILES string of the molecule is O=c1c2ccccc2nc2ccc(N3CCC[C@@H]4CCCC[C@@H]43)nn12. The third-order valence-corrected chi connectivity index (χ3v) is 5.90. The molecule has 5 nitrogen and oxygen atoms in total. The Hall–Kier alpha value is -2.43. The summed E-state index contributed by atoms with van der Waals surface area (Å²) in [6, 6.07) is 12.0. The van der Waals surface area contributed by atoms with Gasteiger partial charge in [-0.3, -0.25) is 4.79 Å². The Bertz CT molecular complexity index is 994. The molecule has 0 bridgehead atoms. The second-order valence-electron chi connectivity index (χ2n) is 7.34. The van der Waals surface area contributed by atoms with E-state index < -0.39 is 0 Å². The van der Waals surface area contributed by atoms with Crippen molar-refractivity contribution in [2.75, 3.05) is 11.4 Å². The largest absolute Gasteiger partial charge is 0.352 e. The predicted molar refractivity (Wildman–Crippen MR) is 99.1 cm³/mol. The first kappa shape index (κ1) is 14.9. The number of hydrogen-bond donors (Lipinski definition) is 0. The Morgan fingerprint density at radius 3 is 2.76 bits per heavy atom. The molecule has 5 heteroatoms. The van der Waals surface area contributed by atoms with Gasteiger partial charge in [0.1, 0.15) is 5.82 Å². The van der Waals surface area contributed by atoms with Crippen molar-refractivity contribution in [1.82, 2.24) is 14.6 Å². The van der Waals surface area contributed by atoms with E-state index in [1.807, 2.05) is 36.4 Å². The van der Waals surface area contributed by atoms with E-state index in [1.54, 1.807) is 0 Å². The monoisotopic (exact) mass is 334 g/mol. The highest BCUT2D eigenvalue weighted by molar-refractivity contribution is 5.79. The number of hydrogen-bond acceptors (Lipinski definition) is 4. The number of aromatic nitrogens is 3. The molecule has 1 saturated heterocycles. The van der Waals surface area contributed by atoms with E-state index in [0.717, 1.165) is 23.8 Å². The van der Waals surface area contributed by atoms with Crippen LogP contribution in [0, 0.1) is 5.92 Å². The van der Waals surface area contributed by atoms with Crippen molar-refractivity contribution in [2.24, 2.45) is 5.92 Å². The van der Waals surface area contributed by atoms with E-state index in [9.17, 15) is 4.79 Å². The summed E-state index contributed by atoms with van der Waals surface area (Å²) in [6.07, 6.45) is 7.79. The van der Waals surface area contributed by atoms with Gasteiger partial charge in [0.05, 0.1) is 10.9 Å². The number of nitrogens with zero attached hydrogens (tertiary/aromatic N) is 4. The van der Waals surface area contributed by atoms with Crippen molar-refractivity contribution < 1.29 is 0 Å². The van der Waals surface area contributed by atoms with Crippen molar-refractivity contribution in [1.29, 1.82) is 0 Å². The zero-order chi connectivity index (χ0) is 16.8. The van der Waals surface area contributed by atoms with Crippen LogP contribution in [-0.4, -0.2) is 27.2 Å². The maximum absolute atomic E-state index is 12.8. The lowest BCUT2D eigenvalue weighted by Crippen LogP contribution is -2.47. The molecule has 0 N–H and O–H groups in total. The molecular formula is C20H22N4O. The third kappa shape index (κ3) is 2.41. The Morgan fingerprint density at radius 2 is 1.80 bits per heavy atom. The van der Waals surface area contributed by atoms with Gasteiger partial charge >= 0.3 is 0 Å². The summed E-state index contributed by atoms with van der Waals surface area (Å²) in [5.41, 5.74) is 1.26. The fourth-order valence-electron chi connectivity index (χ4n) is 4.69. The van der Waals surface area contributed by atoms with Crippen LogP contribution < -0.4 is 10.5 Å². The molecule has 128 valence electrons. The molecule has 0 radical (unpaired) electrons. The number of fused-ring (bicyclic) bond motifs is 3. The molecule has 2 aliphatic rings. The number of benzene rings is 1. The Morgan fingerprint density at radius 1 is 0.960 bits per heavy atom. The predicted octanol–water partition coefficient (Wildman–Crippen LogP) is 3.40. The van der Waals surface area contributed by atoms with Gasteiger partial charge < -0.3 is 4.90 Å². The average molecular weight is 334 g/mol. The lowest BCUT2D eigenvalue weighted by Gasteiger charge is -2.44. The van der Waals surface area contributed by atoms with Crippen LogP contribution in [0.2, 0.25) is 0 Å². The van der Waals surface area contributed by atoms with Gasteiger partial charge in [0.15, 0.2) is 5.65 Å². The minimum Gasteiger partial charge on any atom is -0.352 e. The van der Waals surface area contributed by atoms with Crippen LogP contribution in [0.4, 0.5) is 5.82 Å². The highest BCUT2D eigenvalue weighted by Gasteiger charge is 2.34. The van der Waals surface area contributed by atoms with E-state index in [2.05, 4.69) is 9.88 Å². The van der Waals surface area contributed by atoms with Gasteiger partial charge in [-0.2, -0.15) is 4.52 Å². The topological polar surface area (TPSA) is 50.5 Å². The highest BCUT2D eigenvalue weighted by atomic mass is 16.1. The fourth-order valence-corrected chi connectivity index (χ4v) is 4.69. The molecule has 0 spiro atoms. The van der Waals surface area contributed by atoms with Crippen molar-refractivity contribution >= 4 is 22.4 Å². The summed E-state index contributed by atoms with van der Waals surface area (Å²) in [6.45, 7) is 1.04. The Balaban J connectivity index is 1.63. The standard InChI is InChI=1S/C20H22N4O/c25-20-15-8-2-3-9-16(15)21-18-11-12-19(22-24(18)20)23-13-5-7-14-6-1-4-10-17(14)23/h2-3,8-9,11-12,14,17H,1,4-7,10,13H2/t14-,17-/m0/s1. The van der Waals surface area contributed by atoms with Crippen LogP contribution in [0.3, 0.4) is 0 Å².